The molecule has 0 spiro atoms. The van der Waals surface area contributed by atoms with Crippen LogP contribution in [0, 0.1) is 19.8 Å². The third kappa shape index (κ3) is 3.07. The smallest absolute Gasteiger partial charge is 0.308 e. The number of nitrogens with zero attached hydrogens (tertiary/aromatic N) is 1. The SMILES string of the molecule is Cc1cc(C)c2cc(C(=O)N(C)CC(C)C(=O)O)[nH]c2c1. The molecule has 0 aliphatic rings. The molecule has 1 aromatic carbocycles. The van der Waals surface area contributed by atoms with Gasteiger partial charge in [-0.1, -0.05) is 13.0 Å². The number of carboxylic acids is 1. The van der Waals surface area contributed by atoms with E-state index in [1.54, 1.807) is 14.0 Å². The summed E-state index contributed by atoms with van der Waals surface area (Å²) in [5.74, 6) is -1.69. The molecule has 5 nitrogen and oxygen atoms in total. The average Bonchev–Trinajstić information content (AvgIpc) is 2.81. The molecule has 2 aromatic rings. The maximum Gasteiger partial charge on any atom is 0.308 e. The van der Waals surface area contributed by atoms with Crippen LogP contribution in [0.25, 0.3) is 10.9 Å². The van der Waals surface area contributed by atoms with Crippen molar-refractivity contribution < 1.29 is 14.7 Å². The summed E-state index contributed by atoms with van der Waals surface area (Å²) in [6, 6.07) is 5.90. The highest BCUT2D eigenvalue weighted by atomic mass is 16.4. The van der Waals surface area contributed by atoms with Crippen LogP contribution >= 0.6 is 0 Å². The van der Waals surface area contributed by atoms with Crippen LogP contribution in [0.5, 0.6) is 0 Å². The monoisotopic (exact) mass is 288 g/mol. The fraction of sp³-hybridized carbons (Fsp3) is 0.375. The number of rotatable bonds is 4. The zero-order valence-electron chi connectivity index (χ0n) is 12.7. The summed E-state index contributed by atoms with van der Waals surface area (Å²) in [6.45, 7) is 5.79. The molecule has 1 unspecified atom stereocenters. The predicted molar refractivity (Wildman–Crippen MR) is 81.5 cm³/mol. The van der Waals surface area contributed by atoms with Gasteiger partial charge >= 0.3 is 5.97 Å². The molecule has 0 saturated heterocycles. The highest BCUT2D eigenvalue weighted by Gasteiger charge is 2.20. The van der Waals surface area contributed by atoms with E-state index in [-0.39, 0.29) is 12.5 Å². The number of carbonyl (C=O) groups is 2. The van der Waals surface area contributed by atoms with Gasteiger partial charge in [-0.3, -0.25) is 9.59 Å². The quantitative estimate of drug-likeness (QED) is 0.908. The second kappa shape index (κ2) is 5.60. The maximum absolute atomic E-state index is 12.4. The minimum Gasteiger partial charge on any atom is -0.481 e. The lowest BCUT2D eigenvalue weighted by Gasteiger charge is -2.18. The Balaban J connectivity index is 2.27. The number of H-pyrrole nitrogens is 1. The fourth-order valence-corrected chi connectivity index (χ4v) is 2.49. The van der Waals surface area contributed by atoms with Crippen LogP contribution in [0.1, 0.15) is 28.5 Å². The van der Waals surface area contributed by atoms with Crippen molar-refractivity contribution in [2.45, 2.75) is 20.8 Å². The Morgan fingerprint density at radius 2 is 1.95 bits per heavy atom. The third-order valence-electron chi connectivity index (χ3n) is 3.64. The summed E-state index contributed by atoms with van der Waals surface area (Å²) in [5, 5.41) is 9.94. The molecule has 1 aromatic heterocycles. The molecule has 0 radical (unpaired) electrons. The molecular weight excluding hydrogens is 268 g/mol. The van der Waals surface area contributed by atoms with Gasteiger partial charge < -0.3 is 15.0 Å². The summed E-state index contributed by atoms with van der Waals surface area (Å²) < 4.78 is 0. The third-order valence-corrected chi connectivity index (χ3v) is 3.64. The standard InChI is InChI=1S/C16H20N2O3/c1-9-5-10(2)12-7-14(17-13(12)6-9)15(19)18(4)8-11(3)16(20)21/h5-7,11,17H,8H2,1-4H3,(H,20,21). The Hall–Kier alpha value is -2.30. The summed E-state index contributed by atoms with van der Waals surface area (Å²) in [7, 11) is 1.62. The highest BCUT2D eigenvalue weighted by molar-refractivity contribution is 5.99. The molecular formula is C16H20N2O3. The fourth-order valence-electron chi connectivity index (χ4n) is 2.49. The van der Waals surface area contributed by atoms with Crippen molar-refractivity contribution in [2.24, 2.45) is 5.92 Å². The number of carbonyl (C=O) groups excluding carboxylic acids is 1. The lowest BCUT2D eigenvalue weighted by molar-refractivity contribution is -0.141. The summed E-state index contributed by atoms with van der Waals surface area (Å²) in [4.78, 5) is 27.8. The van der Waals surface area contributed by atoms with Crippen LogP contribution in [-0.2, 0) is 4.79 Å². The van der Waals surface area contributed by atoms with Gasteiger partial charge in [-0.05, 0) is 37.1 Å². The first-order valence-electron chi connectivity index (χ1n) is 6.88. The Morgan fingerprint density at radius 3 is 2.57 bits per heavy atom. The summed E-state index contributed by atoms with van der Waals surface area (Å²) in [6.07, 6.45) is 0. The summed E-state index contributed by atoms with van der Waals surface area (Å²) in [5.41, 5.74) is 3.66. The molecule has 2 rings (SSSR count). The van der Waals surface area contributed by atoms with Crippen LogP contribution in [0.3, 0.4) is 0 Å². The van der Waals surface area contributed by atoms with E-state index in [0.717, 1.165) is 22.0 Å². The Morgan fingerprint density at radius 1 is 1.29 bits per heavy atom. The van der Waals surface area contributed by atoms with Gasteiger partial charge in [0.15, 0.2) is 0 Å². The number of benzene rings is 1. The number of hydrogen-bond acceptors (Lipinski definition) is 2. The molecule has 112 valence electrons. The number of aromatic amines is 1. The lowest BCUT2D eigenvalue weighted by Crippen LogP contribution is -2.33. The predicted octanol–water partition coefficient (Wildman–Crippen LogP) is 2.58. The molecule has 5 heteroatoms. The van der Waals surface area contributed by atoms with Gasteiger partial charge in [0.05, 0.1) is 5.92 Å². The minimum atomic E-state index is -0.905. The van der Waals surface area contributed by atoms with E-state index in [1.165, 1.54) is 4.90 Å². The van der Waals surface area contributed by atoms with Crippen molar-refractivity contribution in [3.8, 4) is 0 Å². The van der Waals surface area contributed by atoms with Crippen molar-refractivity contribution in [1.29, 1.82) is 0 Å². The first kappa shape index (κ1) is 15.1. The van der Waals surface area contributed by atoms with E-state index < -0.39 is 11.9 Å². The van der Waals surface area contributed by atoms with Gasteiger partial charge in [0.2, 0.25) is 0 Å². The lowest BCUT2D eigenvalue weighted by atomic mass is 10.1. The van der Waals surface area contributed by atoms with E-state index >= 15 is 0 Å². The number of aryl methyl sites for hydroxylation is 2. The van der Waals surface area contributed by atoms with Crippen LogP contribution in [0.4, 0.5) is 0 Å². The second-order valence-corrected chi connectivity index (χ2v) is 5.65. The number of hydrogen-bond donors (Lipinski definition) is 2. The van der Waals surface area contributed by atoms with Crippen LogP contribution in [0.2, 0.25) is 0 Å². The molecule has 0 fully saturated rings. The maximum atomic E-state index is 12.4. The Labute approximate surface area is 123 Å². The molecule has 21 heavy (non-hydrogen) atoms. The first-order chi connectivity index (χ1) is 9.79. The molecule has 1 amide bonds. The van der Waals surface area contributed by atoms with E-state index in [9.17, 15) is 9.59 Å². The number of carboxylic acid groups (broad SMARTS) is 1. The molecule has 1 heterocycles. The largest absolute Gasteiger partial charge is 0.481 e. The van der Waals surface area contributed by atoms with Crippen LogP contribution in [0.15, 0.2) is 18.2 Å². The Bertz CT molecular complexity index is 703. The van der Waals surface area contributed by atoms with Crippen LogP contribution in [-0.4, -0.2) is 40.5 Å². The van der Waals surface area contributed by atoms with Crippen molar-refractivity contribution in [2.75, 3.05) is 13.6 Å². The topological polar surface area (TPSA) is 73.4 Å². The van der Waals surface area contributed by atoms with Crippen molar-refractivity contribution >= 4 is 22.8 Å². The Kier molecular flexibility index (Phi) is 4.02. The number of aromatic nitrogens is 1. The zero-order chi connectivity index (χ0) is 15.7. The van der Waals surface area contributed by atoms with Gasteiger partial charge in [0.1, 0.15) is 5.69 Å². The first-order valence-corrected chi connectivity index (χ1v) is 6.88. The van der Waals surface area contributed by atoms with E-state index in [0.29, 0.717) is 5.69 Å². The van der Waals surface area contributed by atoms with E-state index in [2.05, 4.69) is 11.1 Å². The van der Waals surface area contributed by atoms with E-state index in [1.807, 2.05) is 26.0 Å². The van der Waals surface area contributed by atoms with Crippen LogP contribution < -0.4 is 0 Å². The number of nitrogens with one attached hydrogen (secondary N) is 1. The summed E-state index contributed by atoms with van der Waals surface area (Å²) >= 11 is 0. The van der Waals surface area contributed by atoms with Gasteiger partial charge in [0, 0.05) is 24.5 Å². The number of fused-ring (bicyclic) bond motifs is 1. The van der Waals surface area contributed by atoms with Gasteiger partial charge in [-0.15, -0.1) is 0 Å². The van der Waals surface area contributed by atoms with E-state index in [4.69, 9.17) is 5.11 Å². The average molecular weight is 288 g/mol. The molecule has 0 aliphatic carbocycles. The zero-order valence-corrected chi connectivity index (χ0v) is 12.7. The second-order valence-electron chi connectivity index (χ2n) is 5.65. The van der Waals surface area contributed by atoms with Crippen molar-refractivity contribution in [1.82, 2.24) is 9.88 Å². The van der Waals surface area contributed by atoms with Gasteiger partial charge in [0.25, 0.3) is 5.91 Å². The van der Waals surface area contributed by atoms with Crippen molar-refractivity contribution in [3.05, 3.63) is 35.0 Å². The molecule has 2 N–H and O–H groups in total. The number of amides is 1. The minimum absolute atomic E-state index is 0.182. The molecule has 0 aliphatic heterocycles. The molecule has 1 atom stereocenters. The van der Waals surface area contributed by atoms with Gasteiger partial charge in [-0.25, -0.2) is 0 Å². The highest BCUT2D eigenvalue weighted by Crippen LogP contribution is 2.22. The normalized spacial score (nSPS) is 12.4. The molecule has 0 saturated carbocycles. The molecule has 0 bridgehead atoms. The number of aliphatic carboxylic acids is 1. The van der Waals surface area contributed by atoms with Crippen molar-refractivity contribution in [3.63, 3.8) is 0 Å². The van der Waals surface area contributed by atoms with Gasteiger partial charge in [-0.2, -0.15) is 0 Å².